The fourth-order valence-electron chi connectivity index (χ4n) is 1.07. The van der Waals surface area contributed by atoms with Gasteiger partial charge in [0.1, 0.15) is 5.69 Å². The van der Waals surface area contributed by atoms with Crippen LogP contribution in [0.4, 0.5) is 0 Å². The Bertz CT molecular complexity index is 470. The maximum absolute atomic E-state index is 5.87. The van der Waals surface area contributed by atoms with Crippen LogP contribution in [-0.2, 0) is 0 Å². The number of hydrogen-bond acceptors (Lipinski definition) is 2. The first-order valence-electron chi connectivity index (χ1n) is 3.75. The third-order valence-electron chi connectivity index (χ3n) is 1.70. The molecular formula is C9H4Br2ClNO. The van der Waals surface area contributed by atoms with Gasteiger partial charge in [-0.15, -0.1) is 0 Å². The Balaban J connectivity index is 2.55. The van der Waals surface area contributed by atoms with E-state index >= 15 is 0 Å². The average Bonchev–Trinajstić information content (AvgIpc) is 2.48. The number of rotatable bonds is 1. The van der Waals surface area contributed by atoms with Gasteiger partial charge in [0.15, 0.2) is 0 Å². The normalized spacial score (nSPS) is 10.5. The lowest BCUT2D eigenvalue weighted by Gasteiger charge is -1.96. The van der Waals surface area contributed by atoms with Crippen molar-refractivity contribution in [2.75, 3.05) is 0 Å². The highest BCUT2D eigenvalue weighted by molar-refractivity contribution is 9.13. The highest BCUT2D eigenvalue weighted by Gasteiger charge is 2.12. The summed E-state index contributed by atoms with van der Waals surface area (Å²) in [7, 11) is 0. The molecule has 0 saturated carbocycles. The molecule has 1 aromatic carbocycles. The summed E-state index contributed by atoms with van der Waals surface area (Å²) in [6.07, 6.45) is 0. The monoisotopic (exact) mass is 335 g/mol. The lowest BCUT2D eigenvalue weighted by Crippen LogP contribution is -1.77. The highest BCUT2D eigenvalue weighted by Crippen LogP contribution is 2.34. The van der Waals surface area contributed by atoms with Gasteiger partial charge in [-0.1, -0.05) is 28.9 Å². The second-order valence-corrected chi connectivity index (χ2v) is 4.58. The maximum atomic E-state index is 5.87. The first kappa shape index (κ1) is 10.2. The third-order valence-corrected chi connectivity index (χ3v) is 3.74. The summed E-state index contributed by atoms with van der Waals surface area (Å²) >= 11 is 12.5. The first-order valence-corrected chi connectivity index (χ1v) is 5.71. The summed E-state index contributed by atoms with van der Waals surface area (Å²) in [5.41, 5.74) is 1.65. The molecule has 0 fully saturated rings. The van der Waals surface area contributed by atoms with Crippen LogP contribution >= 0.6 is 43.5 Å². The third kappa shape index (κ3) is 1.87. The van der Waals surface area contributed by atoms with E-state index in [9.17, 15) is 0 Å². The van der Waals surface area contributed by atoms with Crippen molar-refractivity contribution in [3.05, 3.63) is 38.4 Å². The average molecular weight is 337 g/mol. The number of halogens is 3. The Hall–Kier alpha value is -0.320. The van der Waals surface area contributed by atoms with E-state index in [1.165, 1.54) is 0 Å². The molecule has 0 atom stereocenters. The van der Waals surface area contributed by atoms with Crippen molar-refractivity contribution in [1.29, 1.82) is 0 Å². The van der Waals surface area contributed by atoms with Crippen molar-refractivity contribution >= 4 is 43.5 Å². The minimum Gasteiger partial charge on any atom is -0.347 e. The van der Waals surface area contributed by atoms with E-state index < -0.39 is 0 Å². The molecule has 0 bridgehead atoms. The number of hydrogen-bond donors (Lipinski definition) is 0. The van der Waals surface area contributed by atoms with Crippen molar-refractivity contribution in [1.82, 2.24) is 5.16 Å². The molecule has 0 saturated heterocycles. The summed E-state index contributed by atoms with van der Waals surface area (Å²) in [4.78, 5) is 0. The Kier molecular flexibility index (Phi) is 2.95. The largest absolute Gasteiger partial charge is 0.347 e. The van der Waals surface area contributed by atoms with Crippen molar-refractivity contribution in [3.8, 4) is 11.3 Å². The zero-order chi connectivity index (χ0) is 10.1. The SMILES string of the molecule is Clc1cccc(-c2noc(Br)c2Br)c1. The molecule has 5 heteroatoms. The smallest absolute Gasteiger partial charge is 0.216 e. The van der Waals surface area contributed by atoms with Crippen LogP contribution in [0.5, 0.6) is 0 Å². The van der Waals surface area contributed by atoms with Gasteiger partial charge in [0, 0.05) is 10.6 Å². The second kappa shape index (κ2) is 4.04. The maximum Gasteiger partial charge on any atom is 0.216 e. The summed E-state index contributed by atoms with van der Waals surface area (Å²) in [5, 5.41) is 4.57. The zero-order valence-corrected chi connectivity index (χ0v) is 10.7. The van der Waals surface area contributed by atoms with E-state index in [2.05, 4.69) is 37.0 Å². The summed E-state index contributed by atoms with van der Waals surface area (Å²) in [6.45, 7) is 0. The number of aromatic nitrogens is 1. The van der Waals surface area contributed by atoms with E-state index in [0.717, 1.165) is 15.7 Å². The second-order valence-electron chi connectivity index (χ2n) is 2.63. The molecule has 0 amide bonds. The molecule has 2 nitrogen and oxygen atoms in total. The van der Waals surface area contributed by atoms with Crippen LogP contribution in [0.2, 0.25) is 5.02 Å². The Labute approximate surface area is 102 Å². The summed E-state index contributed by atoms with van der Waals surface area (Å²) in [5.74, 6) is 0. The molecule has 0 N–H and O–H groups in total. The summed E-state index contributed by atoms with van der Waals surface area (Å²) in [6, 6.07) is 7.43. The highest BCUT2D eigenvalue weighted by atomic mass is 79.9. The van der Waals surface area contributed by atoms with Crippen molar-refractivity contribution in [3.63, 3.8) is 0 Å². The van der Waals surface area contributed by atoms with E-state index in [-0.39, 0.29) is 0 Å². The quantitative estimate of drug-likeness (QED) is 0.765. The molecule has 2 aromatic rings. The van der Waals surface area contributed by atoms with Gasteiger partial charge in [-0.3, -0.25) is 0 Å². The van der Waals surface area contributed by atoms with E-state index in [0.29, 0.717) is 9.69 Å². The Morgan fingerprint density at radius 3 is 2.64 bits per heavy atom. The van der Waals surface area contributed by atoms with Gasteiger partial charge in [0.2, 0.25) is 4.67 Å². The van der Waals surface area contributed by atoms with Gasteiger partial charge in [-0.25, -0.2) is 0 Å². The van der Waals surface area contributed by atoms with Gasteiger partial charge in [0.05, 0.1) is 4.47 Å². The van der Waals surface area contributed by atoms with Crippen molar-refractivity contribution in [2.24, 2.45) is 0 Å². The van der Waals surface area contributed by atoms with Gasteiger partial charge >= 0.3 is 0 Å². The van der Waals surface area contributed by atoms with Crippen LogP contribution in [0.3, 0.4) is 0 Å². The predicted octanol–water partition coefficient (Wildman–Crippen LogP) is 4.52. The molecule has 72 valence electrons. The van der Waals surface area contributed by atoms with Crippen molar-refractivity contribution < 1.29 is 4.52 Å². The van der Waals surface area contributed by atoms with E-state index in [1.807, 2.05) is 24.3 Å². The van der Waals surface area contributed by atoms with Crippen LogP contribution in [0, 0.1) is 0 Å². The molecule has 0 aliphatic rings. The van der Waals surface area contributed by atoms with Gasteiger partial charge in [-0.05, 0) is 44.0 Å². The molecule has 0 aliphatic heterocycles. The Morgan fingerprint density at radius 1 is 1.29 bits per heavy atom. The minimum absolute atomic E-state index is 0.576. The molecule has 1 heterocycles. The fourth-order valence-corrected chi connectivity index (χ4v) is 1.90. The molecule has 1 aromatic heterocycles. The molecule has 0 spiro atoms. The number of benzene rings is 1. The van der Waals surface area contributed by atoms with Gasteiger partial charge < -0.3 is 4.52 Å². The van der Waals surface area contributed by atoms with Crippen LogP contribution in [0.25, 0.3) is 11.3 Å². The van der Waals surface area contributed by atoms with Gasteiger partial charge in [0.25, 0.3) is 0 Å². The van der Waals surface area contributed by atoms with Crippen LogP contribution < -0.4 is 0 Å². The Morgan fingerprint density at radius 2 is 2.07 bits per heavy atom. The van der Waals surface area contributed by atoms with Crippen LogP contribution in [-0.4, -0.2) is 5.16 Å². The van der Waals surface area contributed by atoms with E-state index in [4.69, 9.17) is 16.1 Å². The lowest BCUT2D eigenvalue weighted by molar-refractivity contribution is 0.401. The van der Waals surface area contributed by atoms with Gasteiger partial charge in [-0.2, -0.15) is 0 Å². The standard InChI is InChI=1S/C9H4Br2ClNO/c10-7-8(13-14-9(7)11)5-2-1-3-6(12)4-5/h1-4H. The topological polar surface area (TPSA) is 26.0 Å². The van der Waals surface area contributed by atoms with Crippen LogP contribution in [0.1, 0.15) is 0 Å². The fraction of sp³-hybridized carbons (Fsp3) is 0. The molecular weight excluding hydrogens is 333 g/mol. The molecule has 14 heavy (non-hydrogen) atoms. The molecule has 2 rings (SSSR count). The summed E-state index contributed by atoms with van der Waals surface area (Å²) < 4.78 is 6.33. The van der Waals surface area contributed by atoms with Crippen molar-refractivity contribution in [2.45, 2.75) is 0 Å². The molecule has 0 unspecified atom stereocenters. The van der Waals surface area contributed by atoms with Crippen LogP contribution in [0.15, 0.2) is 37.9 Å². The number of nitrogens with zero attached hydrogens (tertiary/aromatic N) is 1. The molecule has 0 radical (unpaired) electrons. The molecule has 0 aliphatic carbocycles. The predicted molar refractivity (Wildman–Crippen MR) is 62.3 cm³/mol. The zero-order valence-electron chi connectivity index (χ0n) is 6.80. The first-order chi connectivity index (χ1) is 6.68. The lowest BCUT2D eigenvalue weighted by atomic mass is 10.2. The minimum atomic E-state index is 0.576. The van der Waals surface area contributed by atoms with E-state index in [1.54, 1.807) is 0 Å².